The van der Waals surface area contributed by atoms with Gasteiger partial charge in [0, 0.05) is 25.8 Å². The number of hydrogen-bond acceptors (Lipinski definition) is 3. The van der Waals surface area contributed by atoms with Gasteiger partial charge in [0.15, 0.2) is 0 Å². The fourth-order valence-corrected chi connectivity index (χ4v) is 1.80. The van der Waals surface area contributed by atoms with Crippen LogP contribution in [0, 0.1) is 0 Å². The SMILES string of the molecule is CCCCn1c(CCOC)ccc1C(=O)OC. The Bertz CT molecular complexity index is 358. The number of carbonyl (C=O) groups excluding carboxylic acids is 1. The molecule has 0 N–H and O–H groups in total. The van der Waals surface area contributed by atoms with Crippen molar-refractivity contribution < 1.29 is 14.3 Å². The number of unbranched alkanes of at least 4 members (excludes halogenated alkanes) is 1. The van der Waals surface area contributed by atoms with Crippen molar-refractivity contribution in [2.45, 2.75) is 32.7 Å². The van der Waals surface area contributed by atoms with Gasteiger partial charge < -0.3 is 14.0 Å². The zero-order valence-corrected chi connectivity index (χ0v) is 10.9. The van der Waals surface area contributed by atoms with Gasteiger partial charge in [-0.1, -0.05) is 13.3 Å². The van der Waals surface area contributed by atoms with Crippen LogP contribution in [0.4, 0.5) is 0 Å². The molecule has 4 nitrogen and oxygen atoms in total. The quantitative estimate of drug-likeness (QED) is 0.685. The highest BCUT2D eigenvalue weighted by atomic mass is 16.5. The van der Waals surface area contributed by atoms with Crippen LogP contribution in [0.1, 0.15) is 35.9 Å². The van der Waals surface area contributed by atoms with Crippen molar-refractivity contribution in [3.8, 4) is 0 Å². The molecule has 1 rings (SSSR count). The van der Waals surface area contributed by atoms with Crippen LogP contribution in [0.5, 0.6) is 0 Å². The Labute approximate surface area is 103 Å². The van der Waals surface area contributed by atoms with E-state index in [-0.39, 0.29) is 5.97 Å². The fraction of sp³-hybridized carbons (Fsp3) is 0.615. The van der Waals surface area contributed by atoms with Crippen molar-refractivity contribution in [1.82, 2.24) is 4.57 Å². The molecule has 0 aliphatic carbocycles. The standard InChI is InChI=1S/C13H21NO3/c1-4-5-9-14-11(8-10-16-2)6-7-12(14)13(15)17-3/h6-7H,4-5,8-10H2,1-3H3. The molecule has 96 valence electrons. The number of aromatic nitrogens is 1. The first-order valence-electron chi connectivity index (χ1n) is 6.00. The van der Waals surface area contributed by atoms with Gasteiger partial charge in [-0.15, -0.1) is 0 Å². The number of hydrogen-bond donors (Lipinski definition) is 0. The summed E-state index contributed by atoms with van der Waals surface area (Å²) in [6.45, 7) is 3.65. The predicted octanol–water partition coefficient (Wildman–Crippen LogP) is 2.26. The van der Waals surface area contributed by atoms with Gasteiger partial charge in [-0.25, -0.2) is 4.79 Å². The second-order valence-electron chi connectivity index (χ2n) is 3.95. The first-order valence-corrected chi connectivity index (χ1v) is 6.00. The highest BCUT2D eigenvalue weighted by molar-refractivity contribution is 5.87. The van der Waals surface area contributed by atoms with Crippen LogP contribution in [-0.2, 0) is 22.4 Å². The molecule has 0 bridgehead atoms. The normalized spacial score (nSPS) is 10.5. The van der Waals surface area contributed by atoms with Crippen LogP contribution in [-0.4, -0.2) is 31.4 Å². The molecule has 0 unspecified atom stereocenters. The van der Waals surface area contributed by atoms with E-state index in [1.54, 1.807) is 7.11 Å². The van der Waals surface area contributed by atoms with Crippen molar-refractivity contribution in [2.75, 3.05) is 20.8 Å². The Morgan fingerprint density at radius 2 is 2.12 bits per heavy atom. The van der Waals surface area contributed by atoms with Crippen LogP contribution in [0.25, 0.3) is 0 Å². The molecule has 0 aliphatic heterocycles. The first kappa shape index (κ1) is 13.8. The Balaban J connectivity index is 2.88. The number of nitrogens with zero attached hydrogens (tertiary/aromatic N) is 1. The second-order valence-corrected chi connectivity index (χ2v) is 3.95. The van der Waals surface area contributed by atoms with Crippen molar-refractivity contribution in [3.63, 3.8) is 0 Å². The van der Waals surface area contributed by atoms with Gasteiger partial charge in [0.1, 0.15) is 5.69 Å². The van der Waals surface area contributed by atoms with Crippen molar-refractivity contribution in [3.05, 3.63) is 23.5 Å². The van der Waals surface area contributed by atoms with E-state index in [0.29, 0.717) is 12.3 Å². The summed E-state index contributed by atoms with van der Waals surface area (Å²) in [6, 6.07) is 3.80. The summed E-state index contributed by atoms with van der Waals surface area (Å²) in [5.74, 6) is -0.273. The first-order chi connectivity index (χ1) is 8.24. The summed E-state index contributed by atoms with van der Waals surface area (Å²) in [5.41, 5.74) is 1.76. The van der Waals surface area contributed by atoms with Gasteiger partial charge >= 0.3 is 5.97 Å². The van der Waals surface area contributed by atoms with Crippen molar-refractivity contribution in [1.29, 1.82) is 0 Å². The molecule has 4 heteroatoms. The largest absolute Gasteiger partial charge is 0.464 e. The zero-order chi connectivity index (χ0) is 12.7. The van der Waals surface area contributed by atoms with Gasteiger partial charge in [0.05, 0.1) is 13.7 Å². The van der Waals surface area contributed by atoms with Gasteiger partial charge in [-0.2, -0.15) is 0 Å². The lowest BCUT2D eigenvalue weighted by atomic mass is 10.3. The van der Waals surface area contributed by atoms with Crippen LogP contribution in [0.3, 0.4) is 0 Å². The lowest BCUT2D eigenvalue weighted by Crippen LogP contribution is -2.14. The predicted molar refractivity (Wildman–Crippen MR) is 66.3 cm³/mol. The minimum atomic E-state index is -0.273. The van der Waals surface area contributed by atoms with E-state index in [4.69, 9.17) is 9.47 Å². The molecule has 0 aliphatic rings. The summed E-state index contributed by atoms with van der Waals surface area (Å²) in [7, 11) is 3.09. The van der Waals surface area contributed by atoms with Gasteiger partial charge in [-0.05, 0) is 18.6 Å². The second kappa shape index (κ2) is 7.12. The Kier molecular flexibility index (Phi) is 5.77. The van der Waals surface area contributed by atoms with Crippen LogP contribution < -0.4 is 0 Å². The number of esters is 1. The van der Waals surface area contributed by atoms with Crippen LogP contribution in [0.15, 0.2) is 12.1 Å². The molecule has 0 saturated heterocycles. The Morgan fingerprint density at radius 3 is 2.71 bits per heavy atom. The molecule has 0 spiro atoms. The highest BCUT2D eigenvalue weighted by Crippen LogP contribution is 2.13. The number of methoxy groups -OCH3 is 2. The maximum Gasteiger partial charge on any atom is 0.354 e. The molecule has 1 aromatic rings. The maximum absolute atomic E-state index is 11.6. The molecule has 1 aromatic heterocycles. The minimum absolute atomic E-state index is 0.273. The smallest absolute Gasteiger partial charge is 0.354 e. The molecule has 0 fully saturated rings. The molecule has 0 radical (unpaired) electrons. The van der Waals surface area contributed by atoms with Crippen LogP contribution in [0.2, 0.25) is 0 Å². The maximum atomic E-state index is 11.6. The average molecular weight is 239 g/mol. The third-order valence-electron chi connectivity index (χ3n) is 2.76. The van der Waals surface area contributed by atoms with E-state index in [2.05, 4.69) is 6.92 Å². The lowest BCUT2D eigenvalue weighted by molar-refractivity contribution is 0.0587. The monoisotopic (exact) mass is 239 g/mol. The van der Waals surface area contributed by atoms with Crippen molar-refractivity contribution in [2.24, 2.45) is 0 Å². The van der Waals surface area contributed by atoms with Crippen LogP contribution >= 0.6 is 0 Å². The molecular formula is C13H21NO3. The summed E-state index contributed by atoms with van der Waals surface area (Å²) in [4.78, 5) is 11.6. The minimum Gasteiger partial charge on any atom is -0.464 e. The number of rotatable bonds is 7. The Hall–Kier alpha value is -1.29. The van der Waals surface area contributed by atoms with E-state index >= 15 is 0 Å². The van der Waals surface area contributed by atoms with E-state index < -0.39 is 0 Å². The number of carbonyl (C=O) groups is 1. The topological polar surface area (TPSA) is 40.5 Å². The molecule has 0 aromatic carbocycles. The summed E-state index contributed by atoms with van der Waals surface area (Å²) in [6.07, 6.45) is 2.97. The van der Waals surface area contributed by atoms with Gasteiger partial charge in [0.25, 0.3) is 0 Å². The zero-order valence-electron chi connectivity index (χ0n) is 10.9. The summed E-state index contributed by atoms with van der Waals surface area (Å²) < 4.78 is 11.9. The van der Waals surface area contributed by atoms with E-state index in [9.17, 15) is 4.79 Å². The summed E-state index contributed by atoms with van der Waals surface area (Å²) in [5, 5.41) is 0. The number of ether oxygens (including phenoxy) is 2. The van der Waals surface area contributed by atoms with E-state index in [0.717, 1.165) is 31.5 Å². The molecule has 1 heterocycles. The molecular weight excluding hydrogens is 218 g/mol. The van der Waals surface area contributed by atoms with E-state index in [1.165, 1.54) is 7.11 Å². The fourth-order valence-electron chi connectivity index (χ4n) is 1.80. The molecule has 0 atom stereocenters. The molecule has 0 amide bonds. The lowest BCUT2D eigenvalue weighted by Gasteiger charge is -2.11. The summed E-state index contributed by atoms with van der Waals surface area (Å²) >= 11 is 0. The van der Waals surface area contributed by atoms with Gasteiger partial charge in [0.2, 0.25) is 0 Å². The average Bonchev–Trinajstić information content (AvgIpc) is 2.75. The molecule has 0 saturated carbocycles. The Morgan fingerprint density at radius 1 is 1.35 bits per heavy atom. The van der Waals surface area contributed by atoms with Crippen molar-refractivity contribution >= 4 is 5.97 Å². The van der Waals surface area contributed by atoms with E-state index in [1.807, 2.05) is 16.7 Å². The third kappa shape index (κ3) is 3.60. The van der Waals surface area contributed by atoms with Gasteiger partial charge in [-0.3, -0.25) is 0 Å². The highest BCUT2D eigenvalue weighted by Gasteiger charge is 2.14. The third-order valence-corrected chi connectivity index (χ3v) is 2.76. The molecule has 17 heavy (non-hydrogen) atoms.